The summed E-state index contributed by atoms with van der Waals surface area (Å²) in [5.41, 5.74) is 0. The second-order valence-electron chi connectivity index (χ2n) is 5.17. The van der Waals surface area contributed by atoms with Crippen molar-refractivity contribution in [3.8, 4) is 0 Å². The van der Waals surface area contributed by atoms with Crippen molar-refractivity contribution in [2.45, 2.75) is 42.7 Å². The van der Waals surface area contributed by atoms with E-state index in [9.17, 15) is 8.42 Å². The topological polar surface area (TPSA) is 67.2 Å². The molecule has 0 spiro atoms. The molecule has 108 valence electrons. The smallest absolute Gasteiger partial charge is 0.246 e. The average Bonchev–Trinajstić information content (AvgIpc) is 2.85. The van der Waals surface area contributed by atoms with Gasteiger partial charge in [0.1, 0.15) is 4.90 Å². The second-order valence-corrected chi connectivity index (χ2v) is 7.16. The molecule has 1 aromatic heterocycles. The molecule has 6 nitrogen and oxygen atoms in total. The van der Waals surface area contributed by atoms with Crippen molar-refractivity contribution in [3.63, 3.8) is 0 Å². The maximum atomic E-state index is 12.5. The zero-order chi connectivity index (χ0) is 14.0. The van der Waals surface area contributed by atoms with Crippen molar-refractivity contribution in [3.05, 3.63) is 12.4 Å². The molecule has 0 bridgehead atoms. The lowest BCUT2D eigenvalue weighted by Crippen LogP contribution is -2.42. The summed E-state index contributed by atoms with van der Waals surface area (Å²) in [6.45, 7) is 0. The van der Waals surface area contributed by atoms with Gasteiger partial charge in [-0.05, 0) is 32.7 Å². The van der Waals surface area contributed by atoms with Crippen molar-refractivity contribution in [2.24, 2.45) is 7.05 Å². The highest BCUT2D eigenvalue weighted by Gasteiger charge is 2.31. The largest absolute Gasteiger partial charge is 0.317 e. The van der Waals surface area contributed by atoms with E-state index in [1.807, 2.05) is 7.05 Å². The van der Waals surface area contributed by atoms with Gasteiger partial charge in [0.05, 0.1) is 6.20 Å². The Labute approximate surface area is 114 Å². The summed E-state index contributed by atoms with van der Waals surface area (Å²) in [7, 11) is 1.94. The molecule has 0 aromatic carbocycles. The number of sulfonamides is 1. The van der Waals surface area contributed by atoms with E-state index in [0.29, 0.717) is 6.04 Å². The van der Waals surface area contributed by atoms with Crippen molar-refractivity contribution in [1.82, 2.24) is 19.4 Å². The summed E-state index contributed by atoms with van der Waals surface area (Å²) in [5, 5.41) is 7.19. The van der Waals surface area contributed by atoms with Gasteiger partial charge in [-0.1, -0.05) is 0 Å². The van der Waals surface area contributed by atoms with E-state index in [0.717, 1.165) is 25.7 Å². The van der Waals surface area contributed by atoms with Crippen LogP contribution in [0.2, 0.25) is 0 Å². The Morgan fingerprint density at radius 1 is 1.37 bits per heavy atom. The minimum absolute atomic E-state index is 0.0924. The fourth-order valence-electron chi connectivity index (χ4n) is 2.62. The number of nitrogens with one attached hydrogen (secondary N) is 1. The SMILES string of the molecule is CNC1CCC(N(C)S(=O)(=O)c2cnn(C)c2)CC1. The Morgan fingerprint density at radius 2 is 2.00 bits per heavy atom. The summed E-state index contributed by atoms with van der Waals surface area (Å²) < 4.78 is 27.9. The quantitative estimate of drug-likeness (QED) is 0.879. The molecule has 0 amide bonds. The second kappa shape index (κ2) is 5.60. The first kappa shape index (κ1) is 14.5. The molecule has 1 N–H and O–H groups in total. The molecule has 1 fully saturated rings. The van der Waals surface area contributed by atoms with Crippen LogP contribution in [0.1, 0.15) is 25.7 Å². The summed E-state index contributed by atoms with van der Waals surface area (Å²) in [5.74, 6) is 0. The Balaban J connectivity index is 2.09. The van der Waals surface area contributed by atoms with Crippen LogP contribution in [-0.2, 0) is 17.1 Å². The lowest BCUT2D eigenvalue weighted by molar-refractivity contribution is 0.255. The first-order valence-electron chi connectivity index (χ1n) is 6.59. The molecule has 1 saturated carbocycles. The molecule has 2 rings (SSSR count). The number of aromatic nitrogens is 2. The van der Waals surface area contributed by atoms with Crippen LogP contribution >= 0.6 is 0 Å². The Hall–Kier alpha value is -0.920. The Morgan fingerprint density at radius 3 is 2.47 bits per heavy atom. The summed E-state index contributed by atoms with van der Waals surface area (Å²) >= 11 is 0. The van der Waals surface area contributed by atoms with Crippen LogP contribution in [0, 0.1) is 0 Å². The summed E-state index contributed by atoms with van der Waals surface area (Å²) in [6, 6.07) is 0.612. The van der Waals surface area contributed by atoms with Crippen LogP contribution in [0.25, 0.3) is 0 Å². The van der Waals surface area contributed by atoms with Crippen molar-refractivity contribution in [2.75, 3.05) is 14.1 Å². The molecule has 0 saturated heterocycles. The van der Waals surface area contributed by atoms with Gasteiger partial charge < -0.3 is 5.32 Å². The van der Waals surface area contributed by atoms with Crippen LogP contribution in [-0.4, -0.2) is 48.7 Å². The predicted octanol–water partition coefficient (Wildman–Crippen LogP) is 0.571. The number of aryl methyl sites for hydroxylation is 1. The van der Waals surface area contributed by atoms with E-state index in [4.69, 9.17) is 0 Å². The van der Waals surface area contributed by atoms with E-state index >= 15 is 0 Å². The van der Waals surface area contributed by atoms with Crippen molar-refractivity contribution in [1.29, 1.82) is 0 Å². The molecule has 0 unspecified atom stereocenters. The van der Waals surface area contributed by atoms with E-state index in [1.165, 1.54) is 15.2 Å². The van der Waals surface area contributed by atoms with Crippen LogP contribution in [0.3, 0.4) is 0 Å². The van der Waals surface area contributed by atoms with Crippen LogP contribution in [0.15, 0.2) is 17.3 Å². The maximum Gasteiger partial charge on any atom is 0.246 e. The average molecular weight is 286 g/mol. The maximum absolute atomic E-state index is 12.5. The molecular formula is C12H22N4O2S. The number of rotatable bonds is 4. The van der Waals surface area contributed by atoms with E-state index in [-0.39, 0.29) is 10.9 Å². The molecule has 7 heteroatoms. The monoisotopic (exact) mass is 286 g/mol. The Kier molecular flexibility index (Phi) is 4.27. The van der Waals surface area contributed by atoms with Crippen molar-refractivity contribution >= 4 is 10.0 Å². The predicted molar refractivity (Wildman–Crippen MR) is 73.3 cm³/mol. The van der Waals surface area contributed by atoms with E-state index in [2.05, 4.69) is 10.4 Å². The molecule has 0 aliphatic heterocycles. The van der Waals surface area contributed by atoms with Gasteiger partial charge in [0.15, 0.2) is 0 Å². The van der Waals surface area contributed by atoms with Gasteiger partial charge >= 0.3 is 0 Å². The van der Waals surface area contributed by atoms with Gasteiger partial charge in [-0.15, -0.1) is 0 Å². The highest BCUT2D eigenvalue weighted by molar-refractivity contribution is 7.89. The highest BCUT2D eigenvalue weighted by atomic mass is 32.2. The van der Waals surface area contributed by atoms with Gasteiger partial charge in [-0.3, -0.25) is 4.68 Å². The molecule has 1 heterocycles. The van der Waals surface area contributed by atoms with Gasteiger partial charge in [0, 0.05) is 32.4 Å². The minimum atomic E-state index is -3.41. The molecule has 19 heavy (non-hydrogen) atoms. The number of hydrogen-bond donors (Lipinski definition) is 1. The highest BCUT2D eigenvalue weighted by Crippen LogP contribution is 2.26. The van der Waals surface area contributed by atoms with Gasteiger partial charge in [0.2, 0.25) is 10.0 Å². The van der Waals surface area contributed by atoms with Gasteiger partial charge in [-0.2, -0.15) is 9.40 Å². The molecule has 1 aromatic rings. The standard InChI is InChI=1S/C12H22N4O2S/c1-13-10-4-6-11(7-5-10)16(3)19(17,18)12-8-14-15(2)9-12/h8-11,13H,4-7H2,1-3H3. The first-order chi connectivity index (χ1) is 8.95. The third kappa shape index (κ3) is 2.98. The molecule has 1 aliphatic rings. The molecule has 0 radical (unpaired) electrons. The van der Waals surface area contributed by atoms with Gasteiger partial charge in [0.25, 0.3) is 0 Å². The minimum Gasteiger partial charge on any atom is -0.317 e. The van der Waals surface area contributed by atoms with E-state index < -0.39 is 10.0 Å². The number of hydrogen-bond acceptors (Lipinski definition) is 4. The third-order valence-electron chi connectivity index (χ3n) is 3.98. The van der Waals surface area contributed by atoms with Crippen LogP contribution in [0.4, 0.5) is 0 Å². The van der Waals surface area contributed by atoms with E-state index in [1.54, 1.807) is 20.3 Å². The van der Waals surface area contributed by atoms with Crippen LogP contribution < -0.4 is 5.32 Å². The molecule has 1 aliphatic carbocycles. The van der Waals surface area contributed by atoms with Gasteiger partial charge in [-0.25, -0.2) is 8.42 Å². The third-order valence-corrected chi connectivity index (χ3v) is 5.84. The zero-order valence-corrected chi connectivity index (χ0v) is 12.5. The number of nitrogens with zero attached hydrogens (tertiary/aromatic N) is 3. The van der Waals surface area contributed by atoms with Crippen LogP contribution in [0.5, 0.6) is 0 Å². The zero-order valence-electron chi connectivity index (χ0n) is 11.7. The Bertz CT molecular complexity index is 518. The molecular weight excluding hydrogens is 264 g/mol. The van der Waals surface area contributed by atoms with Crippen molar-refractivity contribution < 1.29 is 8.42 Å². The summed E-state index contributed by atoms with van der Waals surface area (Å²) in [6.07, 6.45) is 6.81. The lowest BCUT2D eigenvalue weighted by atomic mass is 9.91. The first-order valence-corrected chi connectivity index (χ1v) is 8.03. The molecule has 0 atom stereocenters. The summed E-state index contributed by atoms with van der Waals surface area (Å²) in [4.78, 5) is 0.272. The fourth-order valence-corrected chi connectivity index (χ4v) is 4.02. The fraction of sp³-hybridized carbons (Fsp3) is 0.750. The lowest BCUT2D eigenvalue weighted by Gasteiger charge is -2.33. The normalized spacial score (nSPS) is 24.8.